The Labute approximate surface area is 218 Å². The Bertz CT molecular complexity index is 1490. The van der Waals surface area contributed by atoms with E-state index >= 15 is 0 Å². The highest BCUT2D eigenvalue weighted by Crippen LogP contribution is 2.30. The van der Waals surface area contributed by atoms with Gasteiger partial charge in [-0.3, -0.25) is 9.69 Å². The number of hydrogen-bond donors (Lipinski definition) is 1. The number of fused-ring (bicyclic) bond motifs is 1. The number of aryl methyl sites for hydroxylation is 1. The van der Waals surface area contributed by atoms with Crippen molar-refractivity contribution in [2.75, 3.05) is 25.5 Å². The molecule has 0 saturated carbocycles. The molecule has 3 aromatic heterocycles. The van der Waals surface area contributed by atoms with Crippen molar-refractivity contribution in [3.05, 3.63) is 59.7 Å². The van der Waals surface area contributed by atoms with E-state index in [4.69, 9.17) is 4.74 Å². The van der Waals surface area contributed by atoms with Crippen LogP contribution in [-0.4, -0.2) is 55.6 Å². The van der Waals surface area contributed by atoms with Gasteiger partial charge in [-0.05, 0) is 57.5 Å². The Morgan fingerprint density at radius 1 is 1.16 bits per heavy atom. The number of nitrogens with one attached hydrogen (secondary N) is 1. The summed E-state index contributed by atoms with van der Waals surface area (Å²) in [7, 11) is 1.41. The number of nitrogens with zero attached hydrogens (tertiary/aromatic N) is 6. The third-order valence-corrected chi connectivity index (χ3v) is 6.74. The highest BCUT2D eigenvalue weighted by molar-refractivity contribution is 5.83. The van der Waals surface area contributed by atoms with Crippen molar-refractivity contribution < 1.29 is 18.3 Å². The number of imidazole rings is 1. The van der Waals surface area contributed by atoms with Gasteiger partial charge in [0, 0.05) is 30.9 Å². The Kier molecular flexibility index (Phi) is 7.02. The lowest BCUT2D eigenvalue weighted by Gasteiger charge is -2.15. The van der Waals surface area contributed by atoms with Crippen molar-refractivity contribution in [1.82, 2.24) is 29.4 Å². The third-order valence-electron chi connectivity index (χ3n) is 6.74. The maximum absolute atomic E-state index is 14.9. The van der Waals surface area contributed by atoms with Gasteiger partial charge in [-0.15, -0.1) is 0 Å². The van der Waals surface area contributed by atoms with Crippen LogP contribution >= 0.6 is 0 Å². The fraction of sp³-hybridized carbons (Fsp3) is 0.370. The van der Waals surface area contributed by atoms with Gasteiger partial charge in [-0.1, -0.05) is 6.07 Å². The number of pyridine rings is 1. The Morgan fingerprint density at radius 2 is 1.97 bits per heavy atom. The van der Waals surface area contributed by atoms with E-state index in [0.717, 1.165) is 24.7 Å². The van der Waals surface area contributed by atoms with Crippen molar-refractivity contribution >= 4 is 28.8 Å². The lowest BCUT2D eigenvalue weighted by atomic mass is 10.1. The summed E-state index contributed by atoms with van der Waals surface area (Å²) in [5.74, 6) is -0.179. The standard InChI is InChI=1S/C27H29F2N7O2/c1-15(2)36-16(3)32-25-20(28)9-19(10-22(25)36)24-21(29)12-31-27(34-24)33-23-6-5-17(11-30-23)13-35-8-7-18(14-35)26(37)38-4/h5-6,9-12,15,18H,7-8,13-14H2,1-4H3,(H,30,31,33,34)/t18-/m1/s1. The molecule has 0 amide bonds. The number of carbonyl (C=O) groups is 1. The molecule has 1 aliphatic rings. The van der Waals surface area contributed by atoms with E-state index in [1.807, 2.05) is 31.4 Å². The molecular formula is C27H29F2N7O2. The average Bonchev–Trinajstić information content (AvgIpc) is 3.50. The summed E-state index contributed by atoms with van der Waals surface area (Å²) in [5, 5.41) is 2.99. The second-order valence-corrected chi connectivity index (χ2v) is 9.76. The van der Waals surface area contributed by atoms with Gasteiger partial charge in [0.05, 0.1) is 24.7 Å². The summed E-state index contributed by atoms with van der Waals surface area (Å²) < 4.78 is 36.5. The van der Waals surface area contributed by atoms with Crippen LogP contribution in [0, 0.1) is 24.5 Å². The predicted octanol–water partition coefficient (Wildman–Crippen LogP) is 4.79. The van der Waals surface area contributed by atoms with Crippen LogP contribution in [0.15, 0.2) is 36.7 Å². The minimum absolute atomic E-state index is 0.0247. The topological polar surface area (TPSA) is 98.1 Å². The first-order valence-electron chi connectivity index (χ1n) is 12.5. The van der Waals surface area contributed by atoms with Crippen molar-refractivity contribution in [3.63, 3.8) is 0 Å². The number of benzene rings is 1. The van der Waals surface area contributed by atoms with Crippen LogP contribution in [0.4, 0.5) is 20.5 Å². The molecule has 5 rings (SSSR count). The molecule has 0 spiro atoms. The van der Waals surface area contributed by atoms with Crippen LogP contribution in [0.2, 0.25) is 0 Å². The van der Waals surface area contributed by atoms with Crippen LogP contribution in [0.25, 0.3) is 22.3 Å². The van der Waals surface area contributed by atoms with E-state index in [1.165, 1.54) is 13.2 Å². The number of ether oxygens (including phenoxy) is 1. The summed E-state index contributed by atoms with van der Waals surface area (Å²) in [4.78, 5) is 31.1. The monoisotopic (exact) mass is 521 g/mol. The lowest BCUT2D eigenvalue weighted by molar-refractivity contribution is -0.144. The smallest absolute Gasteiger partial charge is 0.310 e. The van der Waals surface area contributed by atoms with E-state index in [0.29, 0.717) is 35.8 Å². The zero-order valence-electron chi connectivity index (χ0n) is 21.7. The number of anilines is 2. The number of rotatable bonds is 7. The molecule has 1 aromatic carbocycles. The number of hydrogen-bond acceptors (Lipinski definition) is 8. The molecule has 1 saturated heterocycles. The molecular weight excluding hydrogens is 492 g/mol. The van der Waals surface area contributed by atoms with Crippen LogP contribution in [0.5, 0.6) is 0 Å². The summed E-state index contributed by atoms with van der Waals surface area (Å²) >= 11 is 0. The van der Waals surface area contributed by atoms with Crippen molar-refractivity contribution in [1.29, 1.82) is 0 Å². The molecule has 0 radical (unpaired) electrons. The molecule has 1 atom stereocenters. The fourth-order valence-electron chi connectivity index (χ4n) is 4.99. The van der Waals surface area contributed by atoms with Gasteiger partial charge in [0.25, 0.3) is 0 Å². The Balaban J connectivity index is 1.34. The molecule has 4 heterocycles. The van der Waals surface area contributed by atoms with Gasteiger partial charge in [-0.25, -0.2) is 28.7 Å². The number of aromatic nitrogens is 5. The number of likely N-dealkylation sites (tertiary alicyclic amines) is 1. The van der Waals surface area contributed by atoms with Crippen molar-refractivity contribution in [3.8, 4) is 11.3 Å². The maximum atomic E-state index is 14.9. The molecule has 198 valence electrons. The molecule has 11 heteroatoms. The molecule has 1 N–H and O–H groups in total. The van der Waals surface area contributed by atoms with Gasteiger partial charge in [0.2, 0.25) is 5.95 Å². The predicted molar refractivity (Wildman–Crippen MR) is 139 cm³/mol. The lowest BCUT2D eigenvalue weighted by Crippen LogP contribution is -2.23. The molecule has 0 unspecified atom stereocenters. The van der Waals surface area contributed by atoms with Crippen molar-refractivity contribution in [2.24, 2.45) is 5.92 Å². The quantitative estimate of drug-likeness (QED) is 0.347. The molecule has 38 heavy (non-hydrogen) atoms. The van der Waals surface area contributed by atoms with Gasteiger partial charge < -0.3 is 14.6 Å². The molecule has 4 aromatic rings. The van der Waals surface area contributed by atoms with E-state index in [9.17, 15) is 13.6 Å². The zero-order valence-corrected chi connectivity index (χ0v) is 21.7. The third kappa shape index (κ3) is 5.06. The maximum Gasteiger partial charge on any atom is 0.310 e. The summed E-state index contributed by atoms with van der Waals surface area (Å²) in [6.07, 6.45) is 3.56. The minimum Gasteiger partial charge on any atom is -0.469 e. The molecule has 0 bridgehead atoms. The zero-order chi connectivity index (χ0) is 27.0. The second kappa shape index (κ2) is 10.4. The van der Waals surface area contributed by atoms with Gasteiger partial charge in [-0.2, -0.15) is 0 Å². The van der Waals surface area contributed by atoms with E-state index in [-0.39, 0.29) is 35.1 Å². The summed E-state index contributed by atoms with van der Waals surface area (Å²) in [5.41, 5.74) is 2.07. The van der Waals surface area contributed by atoms with E-state index in [1.54, 1.807) is 18.3 Å². The number of carbonyl (C=O) groups excluding carboxylic acids is 1. The molecule has 1 aliphatic heterocycles. The Hall–Kier alpha value is -3.99. The van der Waals surface area contributed by atoms with E-state index in [2.05, 4.69) is 30.2 Å². The van der Waals surface area contributed by atoms with Crippen molar-refractivity contribution in [2.45, 2.75) is 39.8 Å². The number of methoxy groups -OCH3 is 1. The molecule has 1 fully saturated rings. The number of halogens is 2. The molecule has 0 aliphatic carbocycles. The van der Waals surface area contributed by atoms with E-state index < -0.39 is 11.6 Å². The van der Waals surface area contributed by atoms with Crippen LogP contribution in [0.3, 0.4) is 0 Å². The highest BCUT2D eigenvalue weighted by atomic mass is 19.1. The SMILES string of the molecule is COC(=O)[C@@H]1CCN(Cc2ccc(Nc3ncc(F)c(-c4cc(F)c5nc(C)n(C(C)C)c5c4)n3)nc2)C1. The van der Waals surface area contributed by atoms with Gasteiger partial charge >= 0.3 is 5.97 Å². The normalized spacial score (nSPS) is 15.9. The first kappa shape index (κ1) is 25.7. The second-order valence-electron chi connectivity index (χ2n) is 9.76. The first-order chi connectivity index (χ1) is 18.2. The highest BCUT2D eigenvalue weighted by Gasteiger charge is 2.28. The fourth-order valence-corrected chi connectivity index (χ4v) is 4.99. The van der Waals surface area contributed by atoms with Gasteiger partial charge in [0.1, 0.15) is 22.9 Å². The summed E-state index contributed by atoms with van der Waals surface area (Å²) in [6.45, 7) is 7.91. The van der Waals surface area contributed by atoms with Crippen LogP contribution < -0.4 is 5.32 Å². The Morgan fingerprint density at radius 3 is 2.68 bits per heavy atom. The van der Waals surface area contributed by atoms with Gasteiger partial charge in [0.15, 0.2) is 11.6 Å². The average molecular weight is 522 g/mol. The van der Waals surface area contributed by atoms with Crippen LogP contribution in [0.1, 0.15) is 37.7 Å². The minimum atomic E-state index is -0.666. The largest absolute Gasteiger partial charge is 0.469 e. The molecule has 9 nitrogen and oxygen atoms in total. The van der Waals surface area contributed by atoms with Crippen LogP contribution in [-0.2, 0) is 16.1 Å². The summed E-state index contributed by atoms with van der Waals surface area (Å²) in [6, 6.07) is 6.69. The number of esters is 1. The first-order valence-corrected chi connectivity index (χ1v) is 12.5.